The molecule has 2 aromatic heterocycles. The van der Waals surface area contributed by atoms with Crippen molar-refractivity contribution in [2.24, 2.45) is 0 Å². The van der Waals surface area contributed by atoms with Crippen molar-refractivity contribution < 1.29 is 14.4 Å². The van der Waals surface area contributed by atoms with Gasteiger partial charge in [-0.3, -0.25) is 0 Å². The Bertz CT molecular complexity index is 792. The smallest absolute Gasteiger partial charge is 0.236 e. The van der Waals surface area contributed by atoms with Crippen LogP contribution in [-0.4, -0.2) is 36.3 Å². The predicted octanol–water partition coefficient (Wildman–Crippen LogP) is 2.01. The minimum atomic E-state index is 0.359. The first-order valence-electron chi connectivity index (χ1n) is 8.14. The van der Waals surface area contributed by atoms with Crippen molar-refractivity contribution in [2.45, 2.75) is 6.54 Å². The van der Waals surface area contributed by atoms with E-state index in [1.165, 1.54) is 4.90 Å². The topological polar surface area (TPSA) is 53.9 Å². The Balaban J connectivity index is 1.36. The molecule has 0 bridgehead atoms. The number of phenolic OH excluding ortho intramolecular Hbond substituents is 1. The molecule has 0 unspecified atom stereocenters. The van der Waals surface area contributed by atoms with Crippen LogP contribution in [0.15, 0.2) is 52.5 Å². The lowest BCUT2D eigenvalue weighted by Crippen LogP contribution is -3.13. The number of thiophene rings is 1. The molecule has 1 aliphatic heterocycles. The number of rotatable bonds is 4. The Labute approximate surface area is 144 Å². The van der Waals surface area contributed by atoms with Gasteiger partial charge in [0.15, 0.2) is 0 Å². The third kappa shape index (κ3) is 3.16. The maximum absolute atomic E-state index is 9.99. The first-order valence-corrected chi connectivity index (χ1v) is 9.02. The summed E-state index contributed by atoms with van der Waals surface area (Å²) in [5, 5.41) is 12.0. The highest BCUT2D eigenvalue weighted by Gasteiger charge is 2.23. The van der Waals surface area contributed by atoms with Crippen LogP contribution in [0.3, 0.4) is 0 Å². The van der Waals surface area contributed by atoms with E-state index in [4.69, 9.17) is 4.42 Å². The second-order valence-electron chi connectivity index (χ2n) is 6.02. The molecule has 0 atom stereocenters. The molecule has 2 N–H and O–H groups in total. The van der Waals surface area contributed by atoms with Crippen molar-refractivity contribution in [3.05, 3.63) is 53.7 Å². The second-order valence-corrected chi connectivity index (χ2v) is 6.97. The van der Waals surface area contributed by atoms with Crippen LogP contribution in [0, 0.1) is 0 Å². The number of benzene rings is 1. The Kier molecular flexibility index (Phi) is 4.23. The average Bonchev–Trinajstić information content (AvgIpc) is 3.27. The van der Waals surface area contributed by atoms with Crippen LogP contribution in [0.2, 0.25) is 0 Å². The number of piperazine rings is 1. The second kappa shape index (κ2) is 6.67. The molecule has 3 heterocycles. The number of phenols is 1. The van der Waals surface area contributed by atoms with Crippen LogP contribution >= 0.6 is 11.3 Å². The Morgan fingerprint density at radius 1 is 1.17 bits per heavy atom. The van der Waals surface area contributed by atoms with Gasteiger partial charge in [-0.25, -0.2) is 4.98 Å². The lowest BCUT2D eigenvalue weighted by molar-refractivity contribution is -0.914. The fourth-order valence-corrected chi connectivity index (χ4v) is 3.79. The quantitative estimate of drug-likeness (QED) is 0.762. The molecule has 0 aliphatic carbocycles. The first kappa shape index (κ1) is 15.2. The third-order valence-corrected chi connectivity index (χ3v) is 5.27. The third-order valence-electron chi connectivity index (χ3n) is 4.41. The molecular formula is C18H20N3O2S+. The molecule has 1 aromatic carbocycles. The molecular weight excluding hydrogens is 322 g/mol. The number of para-hydroxylation sites is 2. The van der Waals surface area contributed by atoms with E-state index in [1.807, 2.05) is 35.7 Å². The molecule has 0 spiro atoms. The Morgan fingerprint density at radius 2 is 2.00 bits per heavy atom. The zero-order valence-electron chi connectivity index (χ0n) is 13.3. The summed E-state index contributed by atoms with van der Waals surface area (Å²) in [5.41, 5.74) is 1.93. The van der Waals surface area contributed by atoms with Crippen molar-refractivity contribution in [1.82, 2.24) is 4.98 Å². The van der Waals surface area contributed by atoms with Gasteiger partial charge in [-0.1, -0.05) is 18.2 Å². The van der Waals surface area contributed by atoms with Crippen molar-refractivity contribution in [1.29, 1.82) is 0 Å². The predicted molar refractivity (Wildman–Crippen MR) is 94.5 cm³/mol. The van der Waals surface area contributed by atoms with Gasteiger partial charge in [0.1, 0.15) is 24.3 Å². The summed E-state index contributed by atoms with van der Waals surface area (Å²) in [4.78, 5) is 9.42. The summed E-state index contributed by atoms with van der Waals surface area (Å²) in [7, 11) is 0. The average molecular weight is 342 g/mol. The Morgan fingerprint density at radius 3 is 2.75 bits per heavy atom. The van der Waals surface area contributed by atoms with Crippen molar-refractivity contribution >= 4 is 17.0 Å². The number of aromatic nitrogens is 1. The van der Waals surface area contributed by atoms with Gasteiger partial charge < -0.3 is 19.3 Å². The first-order chi connectivity index (χ1) is 11.8. The van der Waals surface area contributed by atoms with E-state index in [-0.39, 0.29) is 0 Å². The van der Waals surface area contributed by atoms with Crippen LogP contribution < -0.4 is 9.80 Å². The summed E-state index contributed by atoms with van der Waals surface area (Å²) in [6.45, 7) is 4.79. The molecule has 6 heteroatoms. The van der Waals surface area contributed by atoms with Gasteiger partial charge in [0.2, 0.25) is 5.89 Å². The van der Waals surface area contributed by atoms with E-state index in [0.717, 1.165) is 49.0 Å². The lowest BCUT2D eigenvalue weighted by Gasteiger charge is -2.33. The van der Waals surface area contributed by atoms with Crippen molar-refractivity contribution in [3.63, 3.8) is 0 Å². The lowest BCUT2D eigenvalue weighted by atomic mass is 10.2. The number of nitrogens with one attached hydrogen (secondary N) is 1. The highest BCUT2D eigenvalue weighted by molar-refractivity contribution is 7.13. The summed E-state index contributed by atoms with van der Waals surface area (Å²) in [6, 6.07) is 11.6. The van der Waals surface area contributed by atoms with E-state index in [9.17, 15) is 5.11 Å². The highest BCUT2D eigenvalue weighted by Crippen LogP contribution is 2.26. The fourth-order valence-electron chi connectivity index (χ4n) is 3.13. The molecule has 3 aromatic rings. The normalized spacial score (nSPS) is 15.8. The van der Waals surface area contributed by atoms with Crippen LogP contribution in [-0.2, 0) is 6.54 Å². The largest absolute Gasteiger partial charge is 0.506 e. The molecule has 4 rings (SSSR count). The van der Waals surface area contributed by atoms with Gasteiger partial charge in [0.25, 0.3) is 0 Å². The zero-order valence-corrected chi connectivity index (χ0v) is 14.1. The standard InChI is InChI=1S/C18H19N3O2S/c22-16-5-2-1-4-15(16)21-9-7-20(8-10-21)12-14-13-23-18(19-14)17-6-3-11-24-17/h1-6,11,13,22H,7-10,12H2/p+1. The molecule has 124 valence electrons. The number of aromatic hydroxyl groups is 1. The summed E-state index contributed by atoms with van der Waals surface area (Å²) in [6.07, 6.45) is 1.78. The van der Waals surface area contributed by atoms with E-state index in [0.29, 0.717) is 11.6 Å². The molecule has 1 saturated heterocycles. The molecule has 5 nitrogen and oxygen atoms in total. The fraction of sp³-hybridized carbons (Fsp3) is 0.278. The minimum Gasteiger partial charge on any atom is -0.506 e. The number of hydrogen-bond donors (Lipinski definition) is 2. The van der Waals surface area contributed by atoms with Gasteiger partial charge in [0, 0.05) is 0 Å². The van der Waals surface area contributed by atoms with Gasteiger partial charge in [-0.15, -0.1) is 11.3 Å². The van der Waals surface area contributed by atoms with E-state index in [2.05, 4.69) is 9.88 Å². The highest BCUT2D eigenvalue weighted by atomic mass is 32.1. The summed E-state index contributed by atoms with van der Waals surface area (Å²) in [5.74, 6) is 1.07. The van der Waals surface area contributed by atoms with Crippen molar-refractivity contribution in [2.75, 3.05) is 31.1 Å². The SMILES string of the molecule is Oc1ccccc1N1CC[NH+](Cc2coc(-c3cccs3)n2)CC1. The van der Waals surface area contributed by atoms with Crippen LogP contribution in [0.1, 0.15) is 5.69 Å². The molecule has 24 heavy (non-hydrogen) atoms. The number of quaternary nitrogens is 1. The Hall–Kier alpha value is -2.31. The van der Waals surface area contributed by atoms with Crippen LogP contribution in [0.5, 0.6) is 5.75 Å². The van der Waals surface area contributed by atoms with Gasteiger partial charge in [-0.2, -0.15) is 0 Å². The maximum Gasteiger partial charge on any atom is 0.236 e. The summed E-state index contributed by atoms with van der Waals surface area (Å²) >= 11 is 1.64. The molecule has 1 aliphatic rings. The molecule has 1 fully saturated rings. The molecule has 0 amide bonds. The van der Waals surface area contributed by atoms with Crippen molar-refractivity contribution in [3.8, 4) is 16.5 Å². The molecule has 0 radical (unpaired) electrons. The number of hydrogen-bond acceptors (Lipinski definition) is 5. The number of anilines is 1. The van der Waals surface area contributed by atoms with Gasteiger partial charge >= 0.3 is 0 Å². The maximum atomic E-state index is 9.99. The van der Waals surface area contributed by atoms with E-state index < -0.39 is 0 Å². The van der Waals surface area contributed by atoms with Crippen LogP contribution in [0.4, 0.5) is 5.69 Å². The number of oxazole rings is 1. The zero-order chi connectivity index (χ0) is 16.4. The van der Waals surface area contributed by atoms with Crippen LogP contribution in [0.25, 0.3) is 10.8 Å². The minimum absolute atomic E-state index is 0.359. The monoisotopic (exact) mass is 342 g/mol. The van der Waals surface area contributed by atoms with Gasteiger partial charge in [0.05, 0.1) is 36.7 Å². The number of nitrogens with zero attached hydrogens (tertiary/aromatic N) is 2. The van der Waals surface area contributed by atoms with Gasteiger partial charge in [-0.05, 0) is 23.6 Å². The molecule has 0 saturated carbocycles. The van der Waals surface area contributed by atoms with E-state index >= 15 is 0 Å². The summed E-state index contributed by atoms with van der Waals surface area (Å²) < 4.78 is 5.60. The van der Waals surface area contributed by atoms with E-state index in [1.54, 1.807) is 23.7 Å².